The normalized spacial score (nSPS) is 11.3. The lowest BCUT2D eigenvalue weighted by molar-refractivity contribution is 0.897. The molecule has 26 heavy (non-hydrogen) atoms. The third-order valence-electron chi connectivity index (χ3n) is 4.47. The Morgan fingerprint density at radius 2 is 1.62 bits per heavy atom. The first-order chi connectivity index (χ1) is 12.8. The van der Waals surface area contributed by atoms with Gasteiger partial charge in [-0.05, 0) is 36.4 Å². The Labute approximate surface area is 149 Å². The van der Waals surface area contributed by atoms with Crippen molar-refractivity contribution in [3.05, 3.63) is 73.3 Å². The summed E-state index contributed by atoms with van der Waals surface area (Å²) in [7, 11) is 1.96. The van der Waals surface area contributed by atoms with Gasteiger partial charge in [-0.1, -0.05) is 12.1 Å². The van der Waals surface area contributed by atoms with Crippen LogP contribution in [0.1, 0.15) is 0 Å². The van der Waals surface area contributed by atoms with Crippen LogP contribution in [-0.4, -0.2) is 29.1 Å². The molecule has 0 aliphatic carbocycles. The predicted molar refractivity (Wildman–Crippen MR) is 101 cm³/mol. The molecule has 5 rings (SSSR count). The van der Waals surface area contributed by atoms with E-state index in [0.717, 1.165) is 39.8 Å². The topological polar surface area (TPSA) is 64.3 Å². The summed E-state index contributed by atoms with van der Waals surface area (Å²) in [6.07, 6.45) is 7.43. The summed E-state index contributed by atoms with van der Waals surface area (Å²) in [5.41, 5.74) is 4.08. The highest BCUT2D eigenvalue weighted by Crippen LogP contribution is 2.24. The lowest BCUT2D eigenvalue weighted by atomic mass is 10.2. The smallest absolute Gasteiger partial charge is 0.181 e. The highest BCUT2D eigenvalue weighted by Gasteiger charge is 2.12. The average Bonchev–Trinajstić information content (AvgIpc) is 3.40. The molecule has 0 atom stereocenters. The Hall–Kier alpha value is -3.67. The lowest BCUT2D eigenvalue weighted by Crippen LogP contribution is -2.01. The predicted octanol–water partition coefficient (Wildman–Crippen LogP) is 3.82. The second-order valence-electron chi connectivity index (χ2n) is 6.13. The van der Waals surface area contributed by atoms with Crippen molar-refractivity contribution >= 4 is 11.0 Å². The van der Waals surface area contributed by atoms with Crippen LogP contribution >= 0.6 is 0 Å². The van der Waals surface area contributed by atoms with Crippen molar-refractivity contribution in [2.45, 2.75) is 0 Å². The van der Waals surface area contributed by atoms with Crippen molar-refractivity contribution in [1.82, 2.24) is 29.1 Å². The Morgan fingerprint density at radius 3 is 2.38 bits per heavy atom. The van der Waals surface area contributed by atoms with E-state index in [1.807, 2.05) is 52.8 Å². The van der Waals surface area contributed by atoms with Gasteiger partial charge in [0.25, 0.3) is 0 Å². The Morgan fingerprint density at radius 1 is 0.846 bits per heavy atom. The monoisotopic (exact) mass is 340 g/mol. The number of nitrogens with one attached hydrogen (secondary N) is 1. The third kappa shape index (κ3) is 2.31. The van der Waals surface area contributed by atoms with Crippen molar-refractivity contribution in [3.63, 3.8) is 0 Å². The van der Waals surface area contributed by atoms with E-state index in [4.69, 9.17) is 0 Å². The summed E-state index contributed by atoms with van der Waals surface area (Å²) in [5, 5.41) is 0. The molecule has 0 unspecified atom stereocenters. The van der Waals surface area contributed by atoms with E-state index in [2.05, 4.69) is 44.2 Å². The molecule has 0 bridgehead atoms. The van der Waals surface area contributed by atoms with E-state index in [1.54, 1.807) is 12.4 Å². The van der Waals surface area contributed by atoms with Crippen molar-refractivity contribution in [2.24, 2.45) is 7.05 Å². The third-order valence-corrected chi connectivity index (χ3v) is 4.47. The zero-order valence-electron chi connectivity index (χ0n) is 14.2. The Kier molecular flexibility index (Phi) is 3.21. The van der Waals surface area contributed by atoms with E-state index in [0.29, 0.717) is 0 Å². The number of hydrogen-bond acceptors (Lipinski definition) is 3. The molecular formula is C20H16N6. The number of hydrogen-bond donors (Lipinski definition) is 1. The number of imidazole rings is 3. The Bertz CT molecular complexity index is 1160. The number of aryl methyl sites for hydroxylation is 1. The number of nitrogens with zero attached hydrogens (tertiary/aromatic N) is 5. The molecule has 0 aliphatic heterocycles. The van der Waals surface area contributed by atoms with Crippen LogP contribution in [-0.2, 0) is 7.05 Å². The van der Waals surface area contributed by atoms with Crippen LogP contribution in [0.3, 0.4) is 0 Å². The molecule has 126 valence electrons. The maximum Gasteiger partial charge on any atom is 0.181 e. The maximum absolute atomic E-state index is 4.66. The molecule has 6 heteroatoms. The molecular weight excluding hydrogens is 324 g/mol. The summed E-state index contributed by atoms with van der Waals surface area (Å²) in [6.45, 7) is 0. The van der Waals surface area contributed by atoms with Gasteiger partial charge < -0.3 is 9.55 Å². The first-order valence-corrected chi connectivity index (χ1v) is 8.36. The highest BCUT2D eigenvalue weighted by molar-refractivity contribution is 5.79. The number of benzene rings is 2. The van der Waals surface area contributed by atoms with E-state index < -0.39 is 0 Å². The molecule has 0 saturated heterocycles. The van der Waals surface area contributed by atoms with Crippen LogP contribution in [0, 0.1) is 0 Å². The van der Waals surface area contributed by atoms with Crippen LogP contribution in [0.25, 0.3) is 39.8 Å². The number of H-pyrrole nitrogens is 1. The molecule has 3 aromatic heterocycles. The van der Waals surface area contributed by atoms with Crippen molar-refractivity contribution < 1.29 is 0 Å². The van der Waals surface area contributed by atoms with Crippen molar-refractivity contribution in [2.75, 3.05) is 0 Å². The second-order valence-corrected chi connectivity index (χ2v) is 6.13. The molecule has 0 fully saturated rings. The van der Waals surface area contributed by atoms with Gasteiger partial charge in [0.15, 0.2) is 11.6 Å². The van der Waals surface area contributed by atoms with Crippen molar-refractivity contribution in [1.29, 1.82) is 0 Å². The molecule has 0 saturated carbocycles. The fourth-order valence-corrected chi connectivity index (χ4v) is 3.13. The Balaban J connectivity index is 1.53. The SMILES string of the molecule is Cn1ccnc1-c1nccn1-c1ccc(-c2nc3ccccc3[nH]2)cc1. The minimum atomic E-state index is 0.814. The molecule has 0 amide bonds. The molecule has 6 nitrogen and oxygen atoms in total. The van der Waals surface area contributed by atoms with Crippen molar-refractivity contribution in [3.8, 4) is 28.7 Å². The number of para-hydroxylation sites is 2. The van der Waals surface area contributed by atoms with E-state index in [-0.39, 0.29) is 0 Å². The second kappa shape index (κ2) is 5.70. The van der Waals surface area contributed by atoms with Crippen LogP contribution in [0.4, 0.5) is 0 Å². The molecule has 1 N–H and O–H groups in total. The summed E-state index contributed by atoms with van der Waals surface area (Å²) in [6, 6.07) is 16.3. The quantitative estimate of drug-likeness (QED) is 0.543. The fourth-order valence-electron chi connectivity index (χ4n) is 3.13. The minimum absolute atomic E-state index is 0.814. The van der Waals surface area contributed by atoms with Crippen LogP contribution < -0.4 is 0 Å². The summed E-state index contributed by atoms with van der Waals surface area (Å²) in [5.74, 6) is 2.51. The highest BCUT2D eigenvalue weighted by atomic mass is 15.1. The summed E-state index contributed by atoms with van der Waals surface area (Å²) < 4.78 is 3.99. The van der Waals surface area contributed by atoms with Gasteiger partial charge in [0.1, 0.15) is 5.82 Å². The summed E-state index contributed by atoms with van der Waals surface area (Å²) >= 11 is 0. The molecule has 2 aromatic carbocycles. The van der Waals surface area contributed by atoms with Crippen LogP contribution in [0.5, 0.6) is 0 Å². The number of rotatable bonds is 3. The average molecular weight is 340 g/mol. The van der Waals surface area contributed by atoms with E-state index in [1.165, 1.54) is 0 Å². The maximum atomic E-state index is 4.66. The van der Waals surface area contributed by atoms with Gasteiger partial charge in [-0.25, -0.2) is 15.0 Å². The van der Waals surface area contributed by atoms with Crippen LogP contribution in [0.2, 0.25) is 0 Å². The largest absolute Gasteiger partial charge is 0.338 e. The van der Waals surface area contributed by atoms with E-state index >= 15 is 0 Å². The number of fused-ring (bicyclic) bond motifs is 1. The first-order valence-electron chi connectivity index (χ1n) is 8.36. The van der Waals surface area contributed by atoms with E-state index in [9.17, 15) is 0 Å². The number of aromatic amines is 1. The zero-order valence-corrected chi connectivity index (χ0v) is 14.2. The first kappa shape index (κ1) is 14.7. The molecule has 0 spiro atoms. The van der Waals surface area contributed by atoms with Gasteiger partial charge in [-0.3, -0.25) is 4.57 Å². The molecule has 5 aromatic rings. The van der Waals surface area contributed by atoms with Gasteiger partial charge in [0, 0.05) is 43.1 Å². The standard InChI is InChI=1S/C20H16N6/c1-25-12-10-21-19(25)20-22-11-13-26(20)15-8-6-14(7-9-15)18-23-16-4-2-3-5-17(16)24-18/h2-13H,1H3,(H,23,24). The molecule has 0 radical (unpaired) electrons. The van der Waals surface area contributed by atoms with Gasteiger partial charge in [0.2, 0.25) is 0 Å². The fraction of sp³-hybridized carbons (Fsp3) is 0.0500. The van der Waals surface area contributed by atoms with Gasteiger partial charge in [-0.2, -0.15) is 0 Å². The van der Waals surface area contributed by atoms with Crippen LogP contribution in [0.15, 0.2) is 73.3 Å². The lowest BCUT2D eigenvalue weighted by Gasteiger charge is -2.08. The number of aromatic nitrogens is 6. The van der Waals surface area contributed by atoms with Gasteiger partial charge in [0.05, 0.1) is 11.0 Å². The van der Waals surface area contributed by atoms with Gasteiger partial charge in [-0.15, -0.1) is 0 Å². The molecule has 3 heterocycles. The molecule has 0 aliphatic rings. The minimum Gasteiger partial charge on any atom is -0.338 e. The zero-order chi connectivity index (χ0) is 17.5. The van der Waals surface area contributed by atoms with Gasteiger partial charge >= 0.3 is 0 Å². The summed E-state index contributed by atoms with van der Waals surface area (Å²) in [4.78, 5) is 16.9.